The summed E-state index contributed by atoms with van der Waals surface area (Å²) in [5, 5.41) is 2.90. The summed E-state index contributed by atoms with van der Waals surface area (Å²) in [6, 6.07) is 0.00796. The topological polar surface area (TPSA) is 73.6 Å². The molecule has 0 aromatic rings. The fraction of sp³-hybridized carbons (Fsp3) is 0.917. The largest absolute Gasteiger partial charge is 0.444 e. The van der Waals surface area contributed by atoms with Crippen molar-refractivity contribution in [2.75, 3.05) is 6.54 Å². The lowest BCUT2D eigenvalue weighted by Crippen LogP contribution is -2.50. The molecule has 17 heavy (non-hydrogen) atoms. The second kappa shape index (κ2) is 4.46. The molecule has 2 bridgehead atoms. The number of ether oxygens (including phenoxy) is 2. The molecule has 0 aromatic carbocycles. The Morgan fingerprint density at radius 2 is 2.06 bits per heavy atom. The molecule has 2 heterocycles. The average Bonchev–Trinajstić information content (AvgIpc) is 2.74. The Bertz CT molecular complexity index is 301. The van der Waals surface area contributed by atoms with Crippen LogP contribution in [0.15, 0.2) is 0 Å². The first-order valence-corrected chi connectivity index (χ1v) is 6.26. The van der Waals surface area contributed by atoms with Crippen molar-refractivity contribution in [3.8, 4) is 0 Å². The summed E-state index contributed by atoms with van der Waals surface area (Å²) in [6.07, 6.45) is 2.00. The van der Waals surface area contributed by atoms with E-state index in [2.05, 4.69) is 5.32 Å². The van der Waals surface area contributed by atoms with Gasteiger partial charge >= 0.3 is 6.09 Å². The maximum absolute atomic E-state index is 11.7. The smallest absolute Gasteiger partial charge is 0.407 e. The van der Waals surface area contributed by atoms with Crippen LogP contribution in [0.5, 0.6) is 0 Å². The van der Waals surface area contributed by atoms with Crippen molar-refractivity contribution >= 4 is 6.09 Å². The Kier molecular flexibility index (Phi) is 3.32. The molecule has 0 radical (unpaired) electrons. The summed E-state index contributed by atoms with van der Waals surface area (Å²) in [5.41, 5.74) is 5.27. The number of carbonyl (C=O) groups excluding carboxylic acids is 1. The van der Waals surface area contributed by atoms with Gasteiger partial charge in [0.25, 0.3) is 0 Å². The van der Waals surface area contributed by atoms with E-state index in [1.807, 2.05) is 20.8 Å². The number of amides is 1. The number of hydrogen-bond donors (Lipinski definition) is 2. The fourth-order valence-corrected chi connectivity index (χ4v) is 2.72. The van der Waals surface area contributed by atoms with Gasteiger partial charge in [-0.1, -0.05) is 0 Å². The standard InChI is InChI=1S/C12H22N2O3/c1-12(2,3)17-11(15)14-10-7(6-13)8-4-5-9(10)16-8/h7-10H,4-6,13H2,1-3H3,(H,14,15)/t7-,8?,9?,10+/m1/s1. The van der Waals surface area contributed by atoms with Gasteiger partial charge in [-0.3, -0.25) is 0 Å². The summed E-state index contributed by atoms with van der Waals surface area (Å²) in [7, 11) is 0. The molecule has 2 aliphatic heterocycles. The van der Waals surface area contributed by atoms with Crippen molar-refractivity contribution in [3.05, 3.63) is 0 Å². The maximum Gasteiger partial charge on any atom is 0.407 e. The van der Waals surface area contributed by atoms with Crippen LogP contribution in [0, 0.1) is 5.92 Å². The van der Waals surface area contributed by atoms with Crippen molar-refractivity contribution in [2.45, 2.75) is 57.5 Å². The molecular formula is C12H22N2O3. The zero-order chi connectivity index (χ0) is 12.6. The van der Waals surface area contributed by atoms with E-state index in [0.717, 1.165) is 12.8 Å². The zero-order valence-corrected chi connectivity index (χ0v) is 10.7. The van der Waals surface area contributed by atoms with E-state index < -0.39 is 5.60 Å². The molecule has 0 aliphatic carbocycles. The average molecular weight is 242 g/mol. The van der Waals surface area contributed by atoms with Gasteiger partial charge in [0.1, 0.15) is 5.60 Å². The van der Waals surface area contributed by atoms with E-state index in [4.69, 9.17) is 15.2 Å². The van der Waals surface area contributed by atoms with Gasteiger partial charge in [0.15, 0.2) is 0 Å². The number of nitrogens with two attached hydrogens (primary N) is 1. The predicted octanol–water partition coefficient (Wildman–Crippen LogP) is 1.02. The van der Waals surface area contributed by atoms with Crippen molar-refractivity contribution in [1.82, 2.24) is 5.32 Å². The first kappa shape index (κ1) is 12.6. The van der Waals surface area contributed by atoms with Gasteiger partial charge in [0.05, 0.1) is 18.2 Å². The molecule has 4 atom stereocenters. The monoisotopic (exact) mass is 242 g/mol. The zero-order valence-electron chi connectivity index (χ0n) is 10.7. The fourth-order valence-electron chi connectivity index (χ4n) is 2.72. The number of nitrogens with one attached hydrogen (secondary N) is 1. The molecule has 98 valence electrons. The predicted molar refractivity (Wildman–Crippen MR) is 63.6 cm³/mol. The number of hydrogen-bond acceptors (Lipinski definition) is 4. The molecule has 0 saturated carbocycles. The van der Waals surface area contributed by atoms with Gasteiger partial charge in [-0.2, -0.15) is 0 Å². The summed E-state index contributed by atoms with van der Waals surface area (Å²) in [4.78, 5) is 11.7. The van der Waals surface area contributed by atoms with Crippen molar-refractivity contribution in [1.29, 1.82) is 0 Å². The normalized spacial score (nSPS) is 36.0. The van der Waals surface area contributed by atoms with Gasteiger partial charge in [-0.15, -0.1) is 0 Å². The van der Waals surface area contributed by atoms with Crippen LogP contribution in [0.2, 0.25) is 0 Å². The lowest BCUT2D eigenvalue weighted by Gasteiger charge is -2.29. The van der Waals surface area contributed by atoms with Crippen LogP contribution in [0.1, 0.15) is 33.6 Å². The number of carbonyl (C=O) groups is 1. The molecule has 0 spiro atoms. The molecule has 5 nitrogen and oxygen atoms in total. The highest BCUT2D eigenvalue weighted by Gasteiger charge is 2.49. The van der Waals surface area contributed by atoms with Crippen LogP contribution >= 0.6 is 0 Å². The van der Waals surface area contributed by atoms with Crippen LogP contribution in [-0.4, -0.2) is 36.5 Å². The summed E-state index contributed by atoms with van der Waals surface area (Å²) in [6.45, 7) is 6.10. The second-order valence-electron chi connectivity index (χ2n) is 5.86. The quantitative estimate of drug-likeness (QED) is 0.758. The molecule has 3 N–H and O–H groups in total. The summed E-state index contributed by atoms with van der Waals surface area (Å²) in [5.74, 6) is 0.223. The van der Waals surface area contributed by atoms with Crippen LogP contribution in [0.4, 0.5) is 4.79 Å². The number of rotatable bonds is 2. The molecule has 1 amide bonds. The first-order chi connectivity index (χ1) is 7.90. The van der Waals surface area contributed by atoms with Crippen LogP contribution in [0.3, 0.4) is 0 Å². The lowest BCUT2D eigenvalue weighted by molar-refractivity contribution is 0.0458. The summed E-state index contributed by atoms with van der Waals surface area (Å²) >= 11 is 0. The van der Waals surface area contributed by atoms with E-state index >= 15 is 0 Å². The molecule has 2 saturated heterocycles. The Morgan fingerprint density at radius 1 is 1.41 bits per heavy atom. The summed E-state index contributed by atoms with van der Waals surface area (Å²) < 4.78 is 11.0. The first-order valence-electron chi connectivity index (χ1n) is 6.26. The third-order valence-corrected chi connectivity index (χ3v) is 3.38. The molecule has 2 fully saturated rings. The Balaban J connectivity index is 1.92. The van der Waals surface area contributed by atoms with E-state index in [0.29, 0.717) is 6.54 Å². The Morgan fingerprint density at radius 3 is 2.65 bits per heavy atom. The minimum absolute atomic E-state index is 0.00796. The molecule has 5 heteroatoms. The Labute approximate surface area is 102 Å². The van der Waals surface area contributed by atoms with Gasteiger partial charge in [-0.25, -0.2) is 4.79 Å². The molecule has 2 rings (SSSR count). The van der Waals surface area contributed by atoms with Gasteiger partial charge in [-0.05, 0) is 40.2 Å². The van der Waals surface area contributed by atoms with E-state index in [1.165, 1.54) is 0 Å². The minimum atomic E-state index is -0.471. The molecule has 2 aliphatic rings. The van der Waals surface area contributed by atoms with Crippen molar-refractivity contribution in [2.24, 2.45) is 11.7 Å². The number of alkyl carbamates (subject to hydrolysis) is 1. The van der Waals surface area contributed by atoms with Crippen molar-refractivity contribution < 1.29 is 14.3 Å². The van der Waals surface area contributed by atoms with E-state index in [9.17, 15) is 4.79 Å². The van der Waals surface area contributed by atoms with E-state index in [1.54, 1.807) is 0 Å². The van der Waals surface area contributed by atoms with Gasteiger partial charge < -0.3 is 20.5 Å². The second-order valence-corrected chi connectivity index (χ2v) is 5.86. The van der Waals surface area contributed by atoms with Crippen molar-refractivity contribution in [3.63, 3.8) is 0 Å². The maximum atomic E-state index is 11.7. The van der Waals surface area contributed by atoms with Crippen LogP contribution in [-0.2, 0) is 9.47 Å². The third kappa shape index (κ3) is 2.72. The van der Waals surface area contributed by atoms with E-state index in [-0.39, 0.29) is 30.3 Å². The number of fused-ring (bicyclic) bond motifs is 2. The third-order valence-electron chi connectivity index (χ3n) is 3.38. The van der Waals surface area contributed by atoms with Crippen LogP contribution in [0.25, 0.3) is 0 Å². The molecule has 2 unspecified atom stereocenters. The SMILES string of the molecule is CC(C)(C)OC(=O)N[C@@H]1C2CCC(O2)[C@H]1CN. The van der Waals surface area contributed by atoms with Gasteiger partial charge in [0.2, 0.25) is 0 Å². The Hall–Kier alpha value is -0.810. The highest BCUT2D eigenvalue weighted by molar-refractivity contribution is 5.68. The highest BCUT2D eigenvalue weighted by Crippen LogP contribution is 2.38. The lowest BCUT2D eigenvalue weighted by atomic mass is 9.84. The minimum Gasteiger partial charge on any atom is -0.444 e. The molecule has 0 aromatic heterocycles. The van der Waals surface area contributed by atoms with Gasteiger partial charge in [0, 0.05) is 5.92 Å². The molecular weight excluding hydrogens is 220 g/mol. The van der Waals surface area contributed by atoms with Crippen LogP contribution < -0.4 is 11.1 Å². The highest BCUT2D eigenvalue weighted by atomic mass is 16.6.